The van der Waals surface area contributed by atoms with Crippen molar-refractivity contribution < 1.29 is 13.9 Å². The number of aldehydes is 1. The van der Waals surface area contributed by atoms with Crippen LogP contribution < -0.4 is 4.74 Å². The number of benzene rings is 2. The van der Waals surface area contributed by atoms with Gasteiger partial charge in [-0.1, -0.05) is 6.07 Å². The first kappa shape index (κ1) is 14.3. The first-order valence-corrected chi connectivity index (χ1v) is 7.04. The van der Waals surface area contributed by atoms with Gasteiger partial charge in [0.15, 0.2) is 5.82 Å². The number of carbonyl (C=O) groups is 1. The van der Waals surface area contributed by atoms with E-state index in [1.165, 1.54) is 6.07 Å². The topological polar surface area (TPSA) is 44.1 Å². The van der Waals surface area contributed by atoms with Gasteiger partial charge in [0.05, 0.1) is 5.52 Å². The van der Waals surface area contributed by atoms with E-state index in [0.717, 1.165) is 11.8 Å². The second-order valence-electron chi connectivity index (χ2n) is 4.86. The highest BCUT2D eigenvalue weighted by Gasteiger charge is 2.13. The Labute approximate surface area is 127 Å². The molecule has 0 aliphatic heterocycles. The lowest BCUT2D eigenvalue weighted by atomic mass is 10.2. The Morgan fingerprint density at radius 3 is 2.68 bits per heavy atom. The Bertz CT molecular complexity index is 809. The van der Waals surface area contributed by atoms with Crippen LogP contribution in [0.4, 0.5) is 4.39 Å². The molecule has 0 unspecified atom stereocenters. The van der Waals surface area contributed by atoms with Gasteiger partial charge < -0.3 is 9.30 Å². The van der Waals surface area contributed by atoms with E-state index < -0.39 is 0 Å². The number of para-hydroxylation sites is 1. The molecule has 0 radical (unpaired) electrons. The van der Waals surface area contributed by atoms with Gasteiger partial charge >= 0.3 is 0 Å². The molecular weight excluding hydrogens is 283 g/mol. The van der Waals surface area contributed by atoms with Crippen LogP contribution in [0.15, 0.2) is 42.5 Å². The second-order valence-corrected chi connectivity index (χ2v) is 4.86. The monoisotopic (exact) mass is 298 g/mol. The van der Waals surface area contributed by atoms with E-state index in [0.29, 0.717) is 29.2 Å². The third-order valence-electron chi connectivity index (χ3n) is 3.51. The SMILES string of the molecule is CCn1c(COc2ccc(C=O)cc2)nc2c(F)cccc21. The van der Waals surface area contributed by atoms with Crippen molar-refractivity contribution in [2.24, 2.45) is 0 Å². The molecule has 3 rings (SSSR count). The molecule has 1 heterocycles. The Morgan fingerprint density at radius 1 is 1.23 bits per heavy atom. The number of fused-ring (bicyclic) bond motifs is 1. The number of halogens is 1. The summed E-state index contributed by atoms with van der Waals surface area (Å²) >= 11 is 0. The number of carbonyl (C=O) groups excluding carboxylic acids is 1. The standard InChI is InChI=1S/C17H15FN2O2/c1-2-20-15-5-3-4-14(18)17(15)19-16(20)11-22-13-8-6-12(10-21)7-9-13/h3-10H,2,11H2,1H3. The molecule has 0 amide bonds. The fourth-order valence-corrected chi connectivity index (χ4v) is 2.41. The van der Waals surface area contributed by atoms with E-state index in [2.05, 4.69) is 4.98 Å². The van der Waals surface area contributed by atoms with Crippen LogP contribution in [-0.2, 0) is 13.2 Å². The molecule has 2 aromatic carbocycles. The third-order valence-corrected chi connectivity index (χ3v) is 3.51. The number of hydrogen-bond donors (Lipinski definition) is 0. The van der Waals surface area contributed by atoms with Crippen molar-refractivity contribution in [1.29, 1.82) is 0 Å². The van der Waals surface area contributed by atoms with Gasteiger partial charge in [0.25, 0.3) is 0 Å². The van der Waals surface area contributed by atoms with Crippen LogP contribution in [0.2, 0.25) is 0 Å². The number of nitrogens with zero attached hydrogens (tertiary/aromatic N) is 2. The van der Waals surface area contributed by atoms with Crippen LogP contribution in [0, 0.1) is 5.82 Å². The van der Waals surface area contributed by atoms with Crippen molar-refractivity contribution in [2.75, 3.05) is 0 Å². The van der Waals surface area contributed by atoms with Gasteiger partial charge in [-0.05, 0) is 43.3 Å². The van der Waals surface area contributed by atoms with Gasteiger partial charge in [0, 0.05) is 12.1 Å². The van der Waals surface area contributed by atoms with E-state index >= 15 is 0 Å². The van der Waals surface area contributed by atoms with Gasteiger partial charge in [0.2, 0.25) is 0 Å². The summed E-state index contributed by atoms with van der Waals surface area (Å²) in [6, 6.07) is 11.7. The molecule has 0 atom stereocenters. The molecule has 0 N–H and O–H groups in total. The molecular formula is C17H15FN2O2. The molecule has 112 valence electrons. The van der Waals surface area contributed by atoms with Gasteiger partial charge in [-0.2, -0.15) is 0 Å². The summed E-state index contributed by atoms with van der Waals surface area (Å²) in [7, 11) is 0. The van der Waals surface area contributed by atoms with Gasteiger partial charge in [-0.15, -0.1) is 0 Å². The lowest BCUT2D eigenvalue weighted by Crippen LogP contribution is -2.05. The number of hydrogen-bond acceptors (Lipinski definition) is 3. The second kappa shape index (κ2) is 5.97. The minimum atomic E-state index is -0.332. The largest absolute Gasteiger partial charge is 0.486 e. The maximum absolute atomic E-state index is 13.8. The smallest absolute Gasteiger partial charge is 0.151 e. The van der Waals surface area contributed by atoms with Crippen molar-refractivity contribution >= 4 is 17.3 Å². The molecule has 0 bridgehead atoms. The highest BCUT2D eigenvalue weighted by Crippen LogP contribution is 2.20. The average Bonchev–Trinajstić information content (AvgIpc) is 2.92. The van der Waals surface area contributed by atoms with E-state index in [1.54, 1.807) is 30.3 Å². The zero-order chi connectivity index (χ0) is 15.5. The molecule has 5 heteroatoms. The maximum atomic E-state index is 13.8. The summed E-state index contributed by atoms with van der Waals surface area (Å²) in [4.78, 5) is 15.0. The fraction of sp³-hybridized carbons (Fsp3) is 0.176. The highest BCUT2D eigenvalue weighted by molar-refractivity contribution is 5.76. The summed E-state index contributed by atoms with van der Waals surface area (Å²) < 4.78 is 21.4. The Hall–Kier alpha value is -2.69. The van der Waals surface area contributed by atoms with Crippen LogP contribution in [0.1, 0.15) is 23.1 Å². The molecule has 0 fully saturated rings. The number of imidazole rings is 1. The minimum absolute atomic E-state index is 0.238. The van der Waals surface area contributed by atoms with E-state index in [1.807, 2.05) is 17.6 Å². The fourth-order valence-electron chi connectivity index (χ4n) is 2.41. The Kier molecular flexibility index (Phi) is 3.87. The molecule has 3 aromatic rings. The van der Waals surface area contributed by atoms with Crippen molar-refractivity contribution in [3.8, 4) is 5.75 Å². The first-order chi connectivity index (χ1) is 10.7. The number of aromatic nitrogens is 2. The first-order valence-electron chi connectivity index (χ1n) is 7.04. The molecule has 0 spiro atoms. The normalized spacial score (nSPS) is 10.8. The average molecular weight is 298 g/mol. The molecule has 4 nitrogen and oxygen atoms in total. The van der Waals surface area contributed by atoms with Crippen molar-refractivity contribution in [2.45, 2.75) is 20.1 Å². The molecule has 0 aliphatic carbocycles. The van der Waals surface area contributed by atoms with Crippen LogP contribution in [0.25, 0.3) is 11.0 Å². The lowest BCUT2D eigenvalue weighted by molar-refractivity contribution is 0.112. The highest BCUT2D eigenvalue weighted by atomic mass is 19.1. The Morgan fingerprint density at radius 2 is 2.00 bits per heavy atom. The van der Waals surface area contributed by atoms with E-state index in [4.69, 9.17) is 4.74 Å². The van der Waals surface area contributed by atoms with Crippen molar-refractivity contribution in [3.05, 3.63) is 59.7 Å². The summed E-state index contributed by atoms with van der Waals surface area (Å²) in [5.41, 5.74) is 1.71. The molecule has 0 aliphatic rings. The number of aryl methyl sites for hydroxylation is 1. The summed E-state index contributed by atoms with van der Waals surface area (Å²) in [5.74, 6) is 0.976. The quantitative estimate of drug-likeness (QED) is 0.676. The predicted molar refractivity (Wildman–Crippen MR) is 81.5 cm³/mol. The van der Waals surface area contributed by atoms with E-state index in [9.17, 15) is 9.18 Å². The van der Waals surface area contributed by atoms with Gasteiger partial charge in [-0.3, -0.25) is 4.79 Å². The Balaban J connectivity index is 1.86. The summed E-state index contributed by atoms with van der Waals surface area (Å²) in [6.07, 6.45) is 0.781. The zero-order valence-electron chi connectivity index (χ0n) is 12.1. The molecule has 0 saturated carbocycles. The minimum Gasteiger partial charge on any atom is -0.486 e. The zero-order valence-corrected chi connectivity index (χ0v) is 12.1. The maximum Gasteiger partial charge on any atom is 0.151 e. The van der Waals surface area contributed by atoms with Crippen LogP contribution in [0.3, 0.4) is 0 Å². The summed E-state index contributed by atoms with van der Waals surface area (Å²) in [5, 5.41) is 0. The van der Waals surface area contributed by atoms with E-state index in [-0.39, 0.29) is 12.4 Å². The van der Waals surface area contributed by atoms with Gasteiger partial charge in [0.1, 0.15) is 30.0 Å². The molecule has 0 saturated heterocycles. The van der Waals surface area contributed by atoms with Crippen molar-refractivity contribution in [1.82, 2.24) is 9.55 Å². The predicted octanol–water partition coefficient (Wildman–Crippen LogP) is 3.59. The third kappa shape index (κ3) is 2.57. The van der Waals surface area contributed by atoms with Crippen LogP contribution in [0.5, 0.6) is 5.75 Å². The molecule has 22 heavy (non-hydrogen) atoms. The molecule has 1 aromatic heterocycles. The van der Waals surface area contributed by atoms with Crippen LogP contribution >= 0.6 is 0 Å². The lowest BCUT2D eigenvalue weighted by Gasteiger charge is -2.08. The summed E-state index contributed by atoms with van der Waals surface area (Å²) in [6.45, 7) is 2.90. The van der Waals surface area contributed by atoms with Crippen molar-refractivity contribution in [3.63, 3.8) is 0 Å². The van der Waals surface area contributed by atoms with Gasteiger partial charge in [-0.25, -0.2) is 9.37 Å². The van der Waals surface area contributed by atoms with Crippen LogP contribution in [-0.4, -0.2) is 15.8 Å². The number of rotatable bonds is 5. The number of ether oxygens (including phenoxy) is 1.